The van der Waals surface area contributed by atoms with Gasteiger partial charge in [-0.2, -0.15) is 5.10 Å². The van der Waals surface area contributed by atoms with E-state index < -0.39 is 0 Å². The average Bonchev–Trinajstić information content (AvgIpc) is 3.14. The molecule has 2 heterocycles. The second-order valence-electron chi connectivity index (χ2n) is 7.52. The molecule has 2 aliphatic rings. The van der Waals surface area contributed by atoms with Gasteiger partial charge in [0.05, 0.1) is 11.9 Å². The van der Waals surface area contributed by atoms with E-state index in [2.05, 4.69) is 15.4 Å². The van der Waals surface area contributed by atoms with Crippen LogP contribution in [0.15, 0.2) is 12.4 Å². The van der Waals surface area contributed by atoms with E-state index in [0.29, 0.717) is 22.8 Å². The number of nitrogens with two attached hydrogens (primary N) is 1. The molecule has 0 aromatic carbocycles. The first-order valence-electron chi connectivity index (χ1n) is 9.04. The monoisotopic (exact) mass is 431 g/mol. The van der Waals surface area contributed by atoms with E-state index >= 15 is 0 Å². The Morgan fingerprint density at radius 3 is 2.56 bits per heavy atom. The van der Waals surface area contributed by atoms with Crippen LogP contribution in [0.3, 0.4) is 0 Å². The number of aryl methyl sites for hydroxylation is 2. The number of hydrogen-bond donors (Lipinski definition) is 2. The summed E-state index contributed by atoms with van der Waals surface area (Å²) in [5.74, 6) is 1.07. The minimum atomic E-state index is 0. The highest BCUT2D eigenvalue weighted by Gasteiger charge is 2.40. The van der Waals surface area contributed by atoms with Gasteiger partial charge in [0.15, 0.2) is 0 Å². The van der Waals surface area contributed by atoms with Crippen molar-refractivity contribution < 1.29 is 4.79 Å². The highest BCUT2D eigenvalue weighted by atomic mass is 35.5. The third kappa shape index (κ3) is 4.47. The molecule has 150 valence electrons. The van der Waals surface area contributed by atoms with Crippen molar-refractivity contribution >= 4 is 42.1 Å². The van der Waals surface area contributed by atoms with Crippen molar-refractivity contribution in [3.63, 3.8) is 0 Å². The Morgan fingerprint density at radius 2 is 1.96 bits per heavy atom. The van der Waals surface area contributed by atoms with Gasteiger partial charge in [-0.1, -0.05) is 6.42 Å². The van der Waals surface area contributed by atoms with Crippen LogP contribution in [0.1, 0.15) is 47.5 Å². The van der Waals surface area contributed by atoms with Crippen LogP contribution < -0.4 is 11.1 Å². The molecule has 2 bridgehead atoms. The highest BCUT2D eigenvalue weighted by Crippen LogP contribution is 2.40. The molecule has 2 fully saturated rings. The van der Waals surface area contributed by atoms with Crippen LogP contribution in [0.4, 0.5) is 0 Å². The number of aromatic nitrogens is 3. The van der Waals surface area contributed by atoms with Gasteiger partial charge in [-0.05, 0) is 44.4 Å². The maximum Gasteiger partial charge on any atom is 0.263 e. The zero-order valence-corrected chi connectivity index (χ0v) is 18.0. The quantitative estimate of drug-likeness (QED) is 0.779. The first-order valence-corrected chi connectivity index (χ1v) is 9.86. The van der Waals surface area contributed by atoms with Crippen molar-refractivity contribution in [2.24, 2.45) is 24.6 Å². The van der Waals surface area contributed by atoms with Crippen molar-refractivity contribution in [1.82, 2.24) is 20.1 Å². The smallest absolute Gasteiger partial charge is 0.263 e. The number of carbonyl (C=O) groups excluding carboxylic acids is 1. The molecule has 0 spiro atoms. The molecule has 0 radical (unpaired) electrons. The molecule has 2 aliphatic carbocycles. The average molecular weight is 432 g/mol. The van der Waals surface area contributed by atoms with Crippen LogP contribution in [0, 0.1) is 18.8 Å². The lowest BCUT2D eigenvalue weighted by molar-refractivity contribution is 0.0759. The van der Waals surface area contributed by atoms with Gasteiger partial charge in [0.25, 0.3) is 5.91 Å². The number of fused-ring (bicyclic) bond motifs is 2. The molecule has 27 heavy (non-hydrogen) atoms. The molecule has 1 amide bonds. The lowest BCUT2D eigenvalue weighted by Crippen LogP contribution is -2.53. The number of halogens is 2. The van der Waals surface area contributed by atoms with Crippen LogP contribution in [0.2, 0.25) is 0 Å². The summed E-state index contributed by atoms with van der Waals surface area (Å²) in [7, 11) is 1.88. The van der Waals surface area contributed by atoms with Crippen LogP contribution >= 0.6 is 36.2 Å². The molecule has 0 aliphatic heterocycles. The second-order valence-corrected chi connectivity index (χ2v) is 8.52. The number of thiazole rings is 1. The fraction of sp³-hybridized carbons (Fsp3) is 0.611. The number of rotatable bonds is 3. The topological polar surface area (TPSA) is 85.8 Å². The van der Waals surface area contributed by atoms with E-state index in [1.54, 1.807) is 10.9 Å². The van der Waals surface area contributed by atoms with E-state index in [1.165, 1.54) is 30.6 Å². The van der Waals surface area contributed by atoms with Gasteiger partial charge >= 0.3 is 0 Å². The van der Waals surface area contributed by atoms with Crippen molar-refractivity contribution in [3.05, 3.63) is 23.0 Å². The Kier molecular flexibility index (Phi) is 7.30. The van der Waals surface area contributed by atoms with Crippen molar-refractivity contribution in [3.8, 4) is 10.6 Å². The number of amides is 1. The lowest BCUT2D eigenvalue weighted by atomic mass is 9.67. The molecule has 9 heteroatoms. The molecule has 3 N–H and O–H groups in total. The Labute approximate surface area is 176 Å². The molecule has 2 aromatic heterocycles. The summed E-state index contributed by atoms with van der Waals surface area (Å²) in [5, 5.41) is 8.36. The largest absolute Gasteiger partial charge is 0.348 e. The van der Waals surface area contributed by atoms with Crippen LogP contribution in [-0.4, -0.2) is 32.8 Å². The Balaban J connectivity index is 0.00000131. The van der Waals surface area contributed by atoms with Gasteiger partial charge in [0.2, 0.25) is 0 Å². The minimum Gasteiger partial charge on any atom is -0.348 e. The van der Waals surface area contributed by atoms with Gasteiger partial charge in [-0.3, -0.25) is 9.48 Å². The van der Waals surface area contributed by atoms with Gasteiger partial charge in [0.1, 0.15) is 9.88 Å². The van der Waals surface area contributed by atoms with Crippen LogP contribution in [0.5, 0.6) is 0 Å². The Hall–Kier alpha value is -1.15. The number of nitrogens with zero attached hydrogens (tertiary/aromatic N) is 3. The molecular weight excluding hydrogens is 405 g/mol. The summed E-state index contributed by atoms with van der Waals surface area (Å²) in [6.45, 7) is 1.91. The third-order valence-electron chi connectivity index (χ3n) is 5.63. The first kappa shape index (κ1) is 22.1. The Morgan fingerprint density at radius 1 is 1.30 bits per heavy atom. The first-order chi connectivity index (χ1) is 12.0. The SMILES string of the molecule is Cc1nc(-c2cnn(C)c2)sc1C(=O)NC1C2CCCC1CC(N)C2.Cl.Cl. The molecule has 2 atom stereocenters. The normalized spacial score (nSPS) is 26.6. The molecular formula is C18H27Cl2N5OS. The summed E-state index contributed by atoms with van der Waals surface area (Å²) in [6.07, 6.45) is 9.39. The van der Waals surface area contributed by atoms with E-state index in [9.17, 15) is 4.79 Å². The molecule has 6 nitrogen and oxygen atoms in total. The van der Waals surface area contributed by atoms with E-state index in [1.807, 2.05) is 20.2 Å². The van der Waals surface area contributed by atoms with Gasteiger partial charge < -0.3 is 11.1 Å². The van der Waals surface area contributed by atoms with Crippen LogP contribution in [-0.2, 0) is 7.05 Å². The van der Waals surface area contributed by atoms with Gasteiger partial charge in [0, 0.05) is 30.9 Å². The lowest BCUT2D eigenvalue weighted by Gasteiger charge is -2.45. The molecule has 2 saturated carbocycles. The summed E-state index contributed by atoms with van der Waals surface area (Å²) in [4.78, 5) is 18.2. The van der Waals surface area contributed by atoms with Crippen molar-refractivity contribution in [1.29, 1.82) is 0 Å². The summed E-state index contributed by atoms with van der Waals surface area (Å²) in [5.41, 5.74) is 7.94. The van der Waals surface area contributed by atoms with Gasteiger partial charge in [-0.15, -0.1) is 36.2 Å². The predicted octanol–water partition coefficient (Wildman–Crippen LogP) is 3.33. The predicted molar refractivity (Wildman–Crippen MR) is 113 cm³/mol. The molecule has 2 aromatic rings. The van der Waals surface area contributed by atoms with E-state index in [0.717, 1.165) is 29.1 Å². The maximum absolute atomic E-state index is 12.9. The fourth-order valence-corrected chi connectivity index (χ4v) is 5.45. The van der Waals surface area contributed by atoms with E-state index in [-0.39, 0.29) is 36.8 Å². The van der Waals surface area contributed by atoms with Gasteiger partial charge in [-0.25, -0.2) is 4.98 Å². The summed E-state index contributed by atoms with van der Waals surface area (Å²) >= 11 is 1.45. The number of nitrogens with one attached hydrogen (secondary N) is 1. The zero-order chi connectivity index (χ0) is 17.6. The van der Waals surface area contributed by atoms with Crippen LogP contribution in [0.25, 0.3) is 10.6 Å². The zero-order valence-electron chi connectivity index (χ0n) is 15.6. The van der Waals surface area contributed by atoms with E-state index in [4.69, 9.17) is 5.73 Å². The molecule has 0 saturated heterocycles. The minimum absolute atomic E-state index is 0. The molecule has 2 unspecified atom stereocenters. The van der Waals surface area contributed by atoms with Crippen molar-refractivity contribution in [2.45, 2.75) is 51.1 Å². The summed E-state index contributed by atoms with van der Waals surface area (Å²) in [6, 6.07) is 0.565. The fourth-order valence-electron chi connectivity index (χ4n) is 4.50. The summed E-state index contributed by atoms with van der Waals surface area (Å²) < 4.78 is 1.75. The second kappa shape index (κ2) is 8.90. The molecule has 4 rings (SSSR count). The maximum atomic E-state index is 12.9. The third-order valence-corrected chi connectivity index (χ3v) is 6.83. The standard InChI is InChI=1S/C18H25N5OS.2ClH/c1-10-16(25-18(21-10)13-8-20-23(2)9-13)17(24)22-15-11-4-3-5-12(15)7-14(19)6-11;;/h8-9,11-12,14-15H,3-7,19H2,1-2H3,(H,22,24);2*1H. The Bertz CT molecular complexity index is 779. The van der Waals surface area contributed by atoms with Crippen molar-refractivity contribution in [2.75, 3.05) is 0 Å². The number of carbonyl (C=O) groups is 1. The number of hydrogen-bond acceptors (Lipinski definition) is 5. The highest BCUT2D eigenvalue weighted by molar-refractivity contribution is 7.17.